The van der Waals surface area contributed by atoms with Gasteiger partial charge in [0.15, 0.2) is 12.3 Å². The summed E-state index contributed by atoms with van der Waals surface area (Å²) < 4.78 is 129. The van der Waals surface area contributed by atoms with Crippen LogP contribution in [-0.2, 0) is 0 Å². The minimum Gasteiger partial charge on any atom is -0.328 e. The quantitative estimate of drug-likeness (QED) is 0.222. The maximum Gasteiger partial charge on any atom is 0.457 e. The van der Waals surface area contributed by atoms with Crippen LogP contribution in [0.4, 0.5) is 43.9 Å². The Morgan fingerprint density at radius 1 is 0.556 bits per heavy atom. The van der Waals surface area contributed by atoms with Crippen LogP contribution in [0.3, 0.4) is 0 Å². The first-order chi connectivity index (χ1) is 16.1. The molecule has 4 unspecified atom stereocenters. The standard InChI is InChI=1S/2C8H13F5N.C7H16N/c2*1-3-14(2)5-4-6(9)7(10,11)8(14,12)13;1-8(2)6-4-3-5-7-8/h2*6H,3-5H2,1-2H3;3-7H2,1-2H3/q3*+1. The smallest absolute Gasteiger partial charge is 0.328 e. The number of nitrogens with zero attached hydrogens (tertiary/aromatic N) is 3. The maximum absolute atomic E-state index is 13.3. The molecule has 3 saturated heterocycles. The largest absolute Gasteiger partial charge is 0.457 e. The third-order valence-electron chi connectivity index (χ3n) is 8.12. The van der Waals surface area contributed by atoms with Gasteiger partial charge in [0.05, 0.1) is 67.5 Å². The Bertz CT molecular complexity index is 649. The van der Waals surface area contributed by atoms with Gasteiger partial charge in [0.25, 0.3) is 0 Å². The number of rotatable bonds is 2. The van der Waals surface area contributed by atoms with Gasteiger partial charge >= 0.3 is 23.9 Å². The highest BCUT2D eigenvalue weighted by Crippen LogP contribution is 2.49. The van der Waals surface area contributed by atoms with E-state index in [2.05, 4.69) is 14.1 Å². The van der Waals surface area contributed by atoms with E-state index in [4.69, 9.17) is 0 Å². The molecule has 0 aromatic rings. The number of hydrogen-bond donors (Lipinski definition) is 0. The number of alkyl halides is 10. The number of likely N-dealkylation sites (tertiary alicyclic amines) is 3. The van der Waals surface area contributed by atoms with Crippen molar-refractivity contribution in [2.75, 3.05) is 67.5 Å². The van der Waals surface area contributed by atoms with E-state index >= 15 is 0 Å². The molecule has 0 saturated carbocycles. The summed E-state index contributed by atoms with van der Waals surface area (Å²) in [6, 6.07) is -8.64. The summed E-state index contributed by atoms with van der Waals surface area (Å²) in [7, 11) is 6.69. The van der Waals surface area contributed by atoms with Crippen LogP contribution in [0.5, 0.6) is 0 Å². The summed E-state index contributed by atoms with van der Waals surface area (Å²) >= 11 is 0. The zero-order valence-corrected chi connectivity index (χ0v) is 22.1. The molecule has 3 aliphatic rings. The lowest BCUT2D eigenvalue weighted by Crippen LogP contribution is -2.71. The number of halogens is 10. The average molecular weight is 551 g/mol. The third-order valence-corrected chi connectivity index (χ3v) is 8.12. The van der Waals surface area contributed by atoms with Gasteiger partial charge < -0.3 is 4.48 Å². The van der Waals surface area contributed by atoms with Gasteiger partial charge in [-0.15, -0.1) is 17.6 Å². The van der Waals surface area contributed by atoms with Gasteiger partial charge in [0.1, 0.15) is 0 Å². The summed E-state index contributed by atoms with van der Waals surface area (Å²) in [6.07, 6.45) is -2.19. The Morgan fingerprint density at radius 3 is 1.08 bits per heavy atom. The Hall–Kier alpha value is -0.820. The lowest BCUT2D eigenvalue weighted by molar-refractivity contribution is -1.01. The molecule has 0 aromatic carbocycles. The third kappa shape index (κ3) is 6.08. The van der Waals surface area contributed by atoms with E-state index in [9.17, 15) is 43.9 Å². The van der Waals surface area contributed by atoms with Crippen molar-refractivity contribution < 1.29 is 57.4 Å². The molecule has 0 aliphatic carbocycles. The van der Waals surface area contributed by atoms with Crippen LogP contribution in [0, 0.1) is 0 Å². The molecule has 0 amide bonds. The van der Waals surface area contributed by atoms with Crippen LogP contribution in [0.15, 0.2) is 0 Å². The highest BCUT2D eigenvalue weighted by atomic mass is 19.3. The summed E-state index contributed by atoms with van der Waals surface area (Å²) in [5.74, 6) is -9.12. The second-order valence-electron chi connectivity index (χ2n) is 11.2. The van der Waals surface area contributed by atoms with Crippen LogP contribution < -0.4 is 0 Å². The molecule has 3 nitrogen and oxygen atoms in total. The zero-order chi connectivity index (χ0) is 28.4. The molecule has 3 fully saturated rings. The number of quaternary nitrogens is 3. The minimum atomic E-state index is -4.56. The lowest BCUT2D eigenvalue weighted by atomic mass is 10.00. The molecule has 3 rings (SSSR count). The fourth-order valence-corrected chi connectivity index (χ4v) is 4.62. The Kier molecular flexibility index (Phi) is 10.3. The number of hydrogen-bond acceptors (Lipinski definition) is 0. The van der Waals surface area contributed by atoms with E-state index < -0.39 is 58.1 Å². The zero-order valence-electron chi connectivity index (χ0n) is 22.1. The van der Waals surface area contributed by atoms with Crippen LogP contribution in [0.1, 0.15) is 46.0 Å². The molecule has 0 aromatic heterocycles. The fraction of sp³-hybridized carbons (Fsp3) is 1.00. The molecular formula is C23H42F10N3+3. The van der Waals surface area contributed by atoms with Crippen molar-refractivity contribution in [2.45, 2.75) is 82.2 Å². The van der Waals surface area contributed by atoms with Gasteiger partial charge in [-0.1, -0.05) is 0 Å². The molecule has 3 heterocycles. The molecule has 216 valence electrons. The topological polar surface area (TPSA) is 0 Å². The first kappa shape index (κ1) is 33.2. The fourth-order valence-electron chi connectivity index (χ4n) is 4.62. The van der Waals surface area contributed by atoms with Crippen LogP contribution in [0.2, 0.25) is 0 Å². The van der Waals surface area contributed by atoms with Crippen molar-refractivity contribution >= 4 is 0 Å². The molecule has 3 aliphatic heterocycles. The molecule has 0 radical (unpaired) electrons. The first-order valence-corrected chi connectivity index (χ1v) is 12.4. The van der Waals surface area contributed by atoms with Crippen molar-refractivity contribution in [2.24, 2.45) is 0 Å². The predicted molar refractivity (Wildman–Crippen MR) is 118 cm³/mol. The van der Waals surface area contributed by atoms with Gasteiger partial charge in [-0.3, -0.25) is 8.97 Å². The second kappa shape index (κ2) is 11.1. The summed E-state index contributed by atoms with van der Waals surface area (Å²) in [6.45, 7) is 4.75. The highest BCUT2D eigenvalue weighted by molar-refractivity contribution is 4.90. The van der Waals surface area contributed by atoms with Crippen molar-refractivity contribution in [3.8, 4) is 0 Å². The van der Waals surface area contributed by atoms with Gasteiger partial charge in [-0.05, 0) is 33.1 Å². The van der Waals surface area contributed by atoms with E-state index in [1.54, 1.807) is 0 Å². The van der Waals surface area contributed by atoms with E-state index in [1.165, 1.54) is 50.7 Å². The van der Waals surface area contributed by atoms with Gasteiger partial charge in [0, 0.05) is 12.8 Å². The molecule has 13 heteroatoms. The van der Waals surface area contributed by atoms with Crippen molar-refractivity contribution in [3.63, 3.8) is 0 Å². The summed E-state index contributed by atoms with van der Waals surface area (Å²) in [4.78, 5) is 0. The SMILES string of the molecule is CC[N+]1(C)CCC(F)C(F)(F)C1(F)F.CC[N+]1(C)CCC(F)C(F)(F)C1(F)F.C[N+]1(C)CCCCC1. The predicted octanol–water partition coefficient (Wildman–Crippen LogP) is 6.09. The molecule has 4 atom stereocenters. The Labute approximate surface area is 207 Å². The van der Waals surface area contributed by atoms with E-state index in [-0.39, 0.29) is 26.2 Å². The molecule has 0 spiro atoms. The molecule has 0 N–H and O–H groups in total. The first-order valence-electron chi connectivity index (χ1n) is 12.4. The maximum atomic E-state index is 13.3. The van der Waals surface area contributed by atoms with Crippen molar-refractivity contribution in [1.29, 1.82) is 0 Å². The van der Waals surface area contributed by atoms with Crippen molar-refractivity contribution in [1.82, 2.24) is 0 Å². The highest BCUT2D eigenvalue weighted by Gasteiger charge is 2.76. The van der Waals surface area contributed by atoms with Crippen LogP contribution in [-0.4, -0.2) is 117 Å². The minimum absolute atomic E-state index is 0.144. The monoisotopic (exact) mass is 550 g/mol. The summed E-state index contributed by atoms with van der Waals surface area (Å²) in [5.41, 5.74) is 0. The Morgan fingerprint density at radius 2 is 0.861 bits per heavy atom. The lowest BCUT2D eigenvalue weighted by Gasteiger charge is -2.47. The van der Waals surface area contributed by atoms with E-state index in [0.29, 0.717) is 0 Å². The normalized spacial score (nSPS) is 38.0. The van der Waals surface area contributed by atoms with Gasteiger partial charge in [-0.25, -0.2) is 8.78 Å². The average Bonchev–Trinajstić information content (AvgIpc) is 2.78. The second-order valence-corrected chi connectivity index (χ2v) is 11.2. The Balaban J connectivity index is 0.000000281. The van der Waals surface area contributed by atoms with E-state index in [0.717, 1.165) is 14.1 Å². The molecule has 0 bridgehead atoms. The molecule has 36 heavy (non-hydrogen) atoms. The van der Waals surface area contributed by atoms with Crippen LogP contribution in [0.25, 0.3) is 0 Å². The van der Waals surface area contributed by atoms with Gasteiger partial charge in [0.2, 0.25) is 0 Å². The van der Waals surface area contributed by atoms with Gasteiger partial charge in [-0.2, -0.15) is 17.6 Å². The van der Waals surface area contributed by atoms with Crippen LogP contribution >= 0.6 is 0 Å². The van der Waals surface area contributed by atoms with E-state index in [1.807, 2.05) is 0 Å². The van der Waals surface area contributed by atoms with Crippen molar-refractivity contribution in [3.05, 3.63) is 0 Å². The molecular weight excluding hydrogens is 508 g/mol. The number of piperidine rings is 3. The summed E-state index contributed by atoms with van der Waals surface area (Å²) in [5, 5.41) is 0.